The molecule has 4 atom stereocenters. The molecule has 0 amide bonds. The van der Waals surface area contributed by atoms with E-state index in [1.807, 2.05) is 13.0 Å². The van der Waals surface area contributed by atoms with Crippen LogP contribution in [0.5, 0.6) is 0 Å². The van der Waals surface area contributed by atoms with Gasteiger partial charge in [-0.1, -0.05) is 18.7 Å². The Bertz CT molecular complexity index is 934. The molecule has 3 aromatic rings. The molecule has 11 heteroatoms. The predicted molar refractivity (Wildman–Crippen MR) is 101 cm³/mol. The second-order valence-electron chi connectivity index (χ2n) is 6.27. The van der Waals surface area contributed by atoms with Gasteiger partial charge in [-0.3, -0.25) is 4.57 Å². The van der Waals surface area contributed by atoms with Crippen LogP contribution < -0.4 is 5.32 Å². The molecule has 10 nitrogen and oxygen atoms in total. The standard InChI is InChI=1S/C17H21N5O5S/c1-2-28-17-20-14(18-6-9-4-3-5-26-9)11-15(21-17)22(8-19-11)16-13(25)12(24)10(7-23)27-16/h3-5,8,10,12-13,16,23-25H,2,6-7H2,1H3,(H,18,20,21)/t10-,12-,13-,16-/m1/s1. The lowest BCUT2D eigenvalue weighted by atomic mass is 10.1. The molecule has 3 aromatic heterocycles. The summed E-state index contributed by atoms with van der Waals surface area (Å²) in [4.78, 5) is 13.4. The molecular weight excluding hydrogens is 386 g/mol. The number of hydrogen-bond acceptors (Lipinski definition) is 10. The molecule has 4 N–H and O–H groups in total. The van der Waals surface area contributed by atoms with Crippen molar-refractivity contribution in [3.63, 3.8) is 0 Å². The normalized spacial score (nSPS) is 24.9. The van der Waals surface area contributed by atoms with Gasteiger partial charge < -0.3 is 29.8 Å². The summed E-state index contributed by atoms with van der Waals surface area (Å²) in [5, 5.41) is 33.5. The third-order valence-electron chi connectivity index (χ3n) is 4.48. The van der Waals surface area contributed by atoms with Crippen molar-refractivity contribution in [1.29, 1.82) is 0 Å². The minimum atomic E-state index is -1.22. The molecule has 1 aliphatic heterocycles. The molecule has 4 rings (SSSR count). The molecule has 1 saturated heterocycles. The van der Waals surface area contributed by atoms with Gasteiger partial charge in [-0.05, 0) is 17.9 Å². The Kier molecular flexibility index (Phi) is 5.51. The highest BCUT2D eigenvalue weighted by atomic mass is 32.2. The SMILES string of the molecule is CCSc1nc(NCc2ccco2)c2ncn([C@@H]3O[C@H](CO)[C@@H](O)[C@H]3O)c2n1. The summed E-state index contributed by atoms with van der Waals surface area (Å²) < 4.78 is 12.5. The number of aromatic nitrogens is 4. The summed E-state index contributed by atoms with van der Waals surface area (Å²) in [7, 11) is 0. The average Bonchev–Trinajstić information content (AvgIpc) is 3.41. The second-order valence-corrected chi connectivity index (χ2v) is 7.50. The number of imidazole rings is 1. The molecule has 0 saturated carbocycles. The van der Waals surface area contributed by atoms with Crippen LogP contribution in [0.3, 0.4) is 0 Å². The van der Waals surface area contributed by atoms with Gasteiger partial charge in [-0.25, -0.2) is 15.0 Å². The number of nitrogens with zero attached hydrogens (tertiary/aromatic N) is 4. The molecule has 1 fully saturated rings. The maximum Gasteiger partial charge on any atom is 0.191 e. The largest absolute Gasteiger partial charge is 0.467 e. The summed E-state index contributed by atoms with van der Waals surface area (Å²) >= 11 is 1.47. The zero-order valence-electron chi connectivity index (χ0n) is 15.1. The van der Waals surface area contributed by atoms with Crippen LogP contribution in [0.1, 0.15) is 18.9 Å². The van der Waals surface area contributed by atoms with E-state index in [4.69, 9.17) is 9.15 Å². The highest BCUT2D eigenvalue weighted by Crippen LogP contribution is 2.33. The van der Waals surface area contributed by atoms with E-state index < -0.39 is 31.1 Å². The number of furan rings is 1. The number of ether oxygens (including phenoxy) is 1. The number of aliphatic hydroxyl groups is 3. The van der Waals surface area contributed by atoms with Crippen molar-refractivity contribution in [2.24, 2.45) is 0 Å². The van der Waals surface area contributed by atoms with E-state index in [0.717, 1.165) is 11.5 Å². The number of nitrogens with one attached hydrogen (secondary N) is 1. The third-order valence-corrected chi connectivity index (χ3v) is 5.21. The van der Waals surface area contributed by atoms with Crippen LogP contribution >= 0.6 is 11.8 Å². The Morgan fingerprint density at radius 2 is 2.14 bits per heavy atom. The lowest BCUT2D eigenvalue weighted by Crippen LogP contribution is -2.33. The van der Waals surface area contributed by atoms with E-state index in [1.54, 1.807) is 16.9 Å². The van der Waals surface area contributed by atoms with Crippen molar-refractivity contribution in [2.45, 2.75) is 43.2 Å². The van der Waals surface area contributed by atoms with Gasteiger partial charge in [0.1, 0.15) is 24.1 Å². The molecule has 0 unspecified atom stereocenters. The van der Waals surface area contributed by atoms with Crippen LogP contribution in [0.15, 0.2) is 34.3 Å². The number of rotatable bonds is 7. The molecule has 0 aromatic carbocycles. The molecule has 28 heavy (non-hydrogen) atoms. The second kappa shape index (κ2) is 8.05. The van der Waals surface area contributed by atoms with E-state index in [1.165, 1.54) is 18.1 Å². The third kappa shape index (κ3) is 3.47. The van der Waals surface area contributed by atoms with Crippen LogP contribution in [0.2, 0.25) is 0 Å². The maximum atomic E-state index is 10.3. The van der Waals surface area contributed by atoms with Crippen molar-refractivity contribution in [2.75, 3.05) is 17.7 Å². The fourth-order valence-corrected chi connectivity index (χ4v) is 3.66. The smallest absolute Gasteiger partial charge is 0.191 e. The molecular formula is C17H21N5O5S. The predicted octanol–water partition coefficient (Wildman–Crippen LogP) is 0.755. The summed E-state index contributed by atoms with van der Waals surface area (Å²) in [6, 6.07) is 3.66. The molecule has 1 aliphatic rings. The minimum absolute atomic E-state index is 0.400. The van der Waals surface area contributed by atoms with Gasteiger partial charge in [-0.15, -0.1) is 0 Å². The highest BCUT2D eigenvalue weighted by molar-refractivity contribution is 7.99. The van der Waals surface area contributed by atoms with Gasteiger partial charge >= 0.3 is 0 Å². The Morgan fingerprint density at radius 3 is 2.82 bits per heavy atom. The van der Waals surface area contributed by atoms with E-state index in [-0.39, 0.29) is 0 Å². The first-order valence-corrected chi connectivity index (χ1v) is 9.87. The van der Waals surface area contributed by atoms with E-state index in [2.05, 4.69) is 20.3 Å². The van der Waals surface area contributed by atoms with Gasteiger partial charge in [0.05, 0.1) is 25.7 Å². The summed E-state index contributed by atoms with van der Waals surface area (Å²) in [6.07, 6.45) is -1.12. The monoisotopic (exact) mass is 407 g/mol. The van der Waals surface area contributed by atoms with Crippen LogP contribution in [0.25, 0.3) is 11.2 Å². The van der Waals surface area contributed by atoms with Gasteiger partial charge in [0.2, 0.25) is 0 Å². The van der Waals surface area contributed by atoms with Gasteiger partial charge in [0, 0.05) is 0 Å². The number of aliphatic hydroxyl groups excluding tert-OH is 3. The summed E-state index contributed by atoms with van der Waals surface area (Å²) in [6.45, 7) is 2.02. The van der Waals surface area contributed by atoms with Crippen molar-refractivity contribution < 1.29 is 24.5 Å². The van der Waals surface area contributed by atoms with E-state index in [9.17, 15) is 15.3 Å². The van der Waals surface area contributed by atoms with Crippen molar-refractivity contribution in [3.8, 4) is 0 Å². The Labute approximate surface area is 164 Å². The Morgan fingerprint density at radius 1 is 1.29 bits per heavy atom. The van der Waals surface area contributed by atoms with Crippen LogP contribution in [-0.2, 0) is 11.3 Å². The van der Waals surface area contributed by atoms with Crippen LogP contribution in [0, 0.1) is 0 Å². The highest BCUT2D eigenvalue weighted by Gasteiger charge is 2.44. The van der Waals surface area contributed by atoms with Crippen LogP contribution in [-0.4, -0.2) is 65.5 Å². The Hall–Kier alpha value is -2.18. The summed E-state index contributed by atoms with van der Waals surface area (Å²) in [5.41, 5.74) is 0.965. The fraction of sp³-hybridized carbons (Fsp3) is 0.471. The first-order valence-electron chi connectivity index (χ1n) is 8.88. The van der Waals surface area contributed by atoms with Crippen LogP contribution in [0.4, 0.5) is 5.82 Å². The van der Waals surface area contributed by atoms with Gasteiger partial charge in [0.25, 0.3) is 0 Å². The van der Waals surface area contributed by atoms with Gasteiger partial charge in [-0.2, -0.15) is 0 Å². The molecule has 0 bridgehead atoms. The van der Waals surface area contributed by atoms with Crippen molar-refractivity contribution >= 4 is 28.7 Å². The molecule has 0 aliphatic carbocycles. The zero-order chi connectivity index (χ0) is 19.7. The first kappa shape index (κ1) is 19.2. The van der Waals surface area contributed by atoms with Crippen molar-refractivity contribution in [1.82, 2.24) is 19.5 Å². The quantitative estimate of drug-likeness (QED) is 0.328. The summed E-state index contributed by atoms with van der Waals surface area (Å²) in [5.74, 6) is 2.06. The number of anilines is 1. The minimum Gasteiger partial charge on any atom is -0.467 e. The molecule has 0 spiro atoms. The topological polar surface area (TPSA) is 139 Å². The molecule has 4 heterocycles. The lowest BCUT2D eigenvalue weighted by molar-refractivity contribution is -0.0511. The molecule has 150 valence electrons. The number of fused-ring (bicyclic) bond motifs is 1. The average molecular weight is 407 g/mol. The zero-order valence-corrected chi connectivity index (χ0v) is 15.9. The van der Waals surface area contributed by atoms with Gasteiger partial charge in [0.15, 0.2) is 28.4 Å². The number of hydrogen-bond donors (Lipinski definition) is 4. The Balaban J connectivity index is 1.71. The maximum absolute atomic E-state index is 10.3. The van der Waals surface area contributed by atoms with E-state index in [0.29, 0.717) is 28.7 Å². The van der Waals surface area contributed by atoms with E-state index >= 15 is 0 Å². The fourth-order valence-electron chi connectivity index (χ4n) is 3.09. The number of thioether (sulfide) groups is 1. The first-order chi connectivity index (χ1) is 13.6. The molecule has 0 radical (unpaired) electrons. The van der Waals surface area contributed by atoms with Crippen molar-refractivity contribution in [3.05, 3.63) is 30.5 Å². The lowest BCUT2D eigenvalue weighted by Gasteiger charge is -2.17.